The highest BCUT2D eigenvalue weighted by Crippen LogP contribution is 2.01. The van der Waals surface area contributed by atoms with Crippen LogP contribution in [0.15, 0.2) is 12.4 Å². The van der Waals surface area contributed by atoms with Gasteiger partial charge in [0, 0.05) is 24.7 Å². The third-order valence-electron chi connectivity index (χ3n) is 1.91. The number of rotatable bonds is 5. The summed E-state index contributed by atoms with van der Waals surface area (Å²) in [6.45, 7) is 2.23. The minimum absolute atomic E-state index is 0.126. The number of hydrogen-bond acceptors (Lipinski definition) is 4. The van der Waals surface area contributed by atoms with Crippen molar-refractivity contribution >= 4 is 15.8 Å². The van der Waals surface area contributed by atoms with Gasteiger partial charge in [0.15, 0.2) is 15.8 Å². The summed E-state index contributed by atoms with van der Waals surface area (Å²) in [5.41, 5.74) is 5.50. The molecule has 2 N–H and O–H groups in total. The molecule has 0 saturated carbocycles. The minimum atomic E-state index is -2.93. The molecular formula is C8H15N3O2S. The molecular weight excluding hydrogens is 202 g/mol. The van der Waals surface area contributed by atoms with Gasteiger partial charge in [-0.15, -0.1) is 0 Å². The fourth-order valence-corrected chi connectivity index (χ4v) is 2.48. The maximum absolute atomic E-state index is 11.4. The van der Waals surface area contributed by atoms with Gasteiger partial charge < -0.3 is 10.3 Å². The molecule has 0 bridgehead atoms. The van der Waals surface area contributed by atoms with Crippen molar-refractivity contribution in [1.82, 2.24) is 9.55 Å². The summed E-state index contributed by atoms with van der Waals surface area (Å²) < 4.78 is 24.4. The number of nitrogen functional groups attached to an aromatic ring is 1. The molecule has 0 amide bonds. The minimum Gasteiger partial charge on any atom is -0.369 e. The van der Waals surface area contributed by atoms with Gasteiger partial charge in [0.05, 0.1) is 5.75 Å². The molecule has 0 saturated heterocycles. The molecule has 0 radical (unpaired) electrons. The summed E-state index contributed by atoms with van der Waals surface area (Å²) in [6, 6.07) is 0. The normalized spacial score (nSPS) is 11.8. The van der Waals surface area contributed by atoms with Gasteiger partial charge >= 0.3 is 0 Å². The number of aromatic nitrogens is 2. The molecule has 1 heterocycles. The molecule has 0 aliphatic rings. The fraction of sp³-hybridized carbons (Fsp3) is 0.625. The van der Waals surface area contributed by atoms with E-state index in [1.807, 2.05) is 6.92 Å². The molecule has 0 aliphatic heterocycles. The molecule has 5 nitrogen and oxygen atoms in total. The van der Waals surface area contributed by atoms with Crippen LogP contribution in [0.3, 0.4) is 0 Å². The second kappa shape index (κ2) is 4.45. The smallest absolute Gasteiger partial charge is 0.200 e. The number of nitrogens with two attached hydrogens (primary N) is 1. The summed E-state index contributed by atoms with van der Waals surface area (Å²) in [5, 5.41) is 0. The molecule has 80 valence electrons. The van der Waals surface area contributed by atoms with Crippen LogP contribution in [0.25, 0.3) is 0 Å². The van der Waals surface area contributed by atoms with Crippen LogP contribution in [0, 0.1) is 0 Å². The van der Waals surface area contributed by atoms with E-state index < -0.39 is 9.84 Å². The van der Waals surface area contributed by atoms with Gasteiger partial charge in [0.1, 0.15) is 0 Å². The summed E-state index contributed by atoms with van der Waals surface area (Å²) in [6.07, 6.45) is 3.89. The number of aryl methyl sites for hydroxylation is 1. The van der Waals surface area contributed by atoms with E-state index in [0.29, 0.717) is 18.9 Å². The van der Waals surface area contributed by atoms with Crippen molar-refractivity contribution < 1.29 is 8.42 Å². The predicted molar refractivity (Wildman–Crippen MR) is 55.6 cm³/mol. The van der Waals surface area contributed by atoms with E-state index >= 15 is 0 Å². The van der Waals surface area contributed by atoms with Crippen LogP contribution in [0.1, 0.15) is 13.3 Å². The Labute approximate surface area is 83.9 Å². The Morgan fingerprint density at radius 1 is 1.50 bits per heavy atom. The number of imidazole rings is 1. The standard InChI is InChI=1S/C8H15N3O2S/c1-2-6-14(12,13)7-5-11-4-3-10-8(11)9/h3-4H,2,5-7H2,1H3,(H2,9,10). The molecule has 1 aromatic heterocycles. The highest BCUT2D eigenvalue weighted by Gasteiger charge is 2.09. The van der Waals surface area contributed by atoms with Crippen LogP contribution in [0.2, 0.25) is 0 Å². The van der Waals surface area contributed by atoms with Crippen LogP contribution in [-0.4, -0.2) is 29.5 Å². The van der Waals surface area contributed by atoms with Gasteiger partial charge in [-0.1, -0.05) is 6.92 Å². The van der Waals surface area contributed by atoms with Crippen molar-refractivity contribution in [2.45, 2.75) is 19.9 Å². The maximum atomic E-state index is 11.4. The lowest BCUT2D eigenvalue weighted by molar-refractivity contribution is 0.588. The Balaban J connectivity index is 2.53. The number of nitrogens with zero attached hydrogens (tertiary/aromatic N) is 2. The third-order valence-corrected chi connectivity index (χ3v) is 3.74. The summed E-state index contributed by atoms with van der Waals surface area (Å²) >= 11 is 0. The first-order valence-electron chi connectivity index (χ1n) is 4.52. The van der Waals surface area contributed by atoms with Crippen LogP contribution >= 0.6 is 0 Å². The summed E-state index contributed by atoms with van der Waals surface area (Å²) in [5.74, 6) is 0.722. The molecule has 0 aromatic carbocycles. The molecule has 14 heavy (non-hydrogen) atoms. The molecule has 1 rings (SSSR count). The van der Waals surface area contributed by atoms with Crippen LogP contribution in [0.5, 0.6) is 0 Å². The molecule has 0 atom stereocenters. The summed E-state index contributed by atoms with van der Waals surface area (Å²) in [4.78, 5) is 3.81. The monoisotopic (exact) mass is 217 g/mol. The Morgan fingerprint density at radius 2 is 2.21 bits per heavy atom. The number of sulfone groups is 1. The largest absolute Gasteiger partial charge is 0.369 e. The van der Waals surface area contributed by atoms with E-state index in [2.05, 4.69) is 4.98 Å². The number of anilines is 1. The van der Waals surface area contributed by atoms with E-state index in [-0.39, 0.29) is 11.5 Å². The highest BCUT2D eigenvalue weighted by atomic mass is 32.2. The predicted octanol–water partition coefficient (Wildman–Crippen LogP) is 0.290. The zero-order valence-electron chi connectivity index (χ0n) is 8.18. The third kappa shape index (κ3) is 3.02. The van der Waals surface area contributed by atoms with E-state index in [9.17, 15) is 8.42 Å². The molecule has 0 aliphatic carbocycles. The average molecular weight is 217 g/mol. The van der Waals surface area contributed by atoms with Crippen molar-refractivity contribution in [1.29, 1.82) is 0 Å². The topological polar surface area (TPSA) is 78.0 Å². The van der Waals surface area contributed by atoms with Gasteiger partial charge in [-0.2, -0.15) is 0 Å². The van der Waals surface area contributed by atoms with Crippen molar-refractivity contribution in [3.8, 4) is 0 Å². The van der Waals surface area contributed by atoms with Crippen molar-refractivity contribution in [2.75, 3.05) is 17.2 Å². The second-order valence-electron chi connectivity index (χ2n) is 3.13. The van der Waals surface area contributed by atoms with E-state index in [4.69, 9.17) is 5.73 Å². The van der Waals surface area contributed by atoms with E-state index in [1.165, 1.54) is 0 Å². The lowest BCUT2D eigenvalue weighted by Gasteiger charge is -2.04. The average Bonchev–Trinajstić information content (AvgIpc) is 2.48. The van der Waals surface area contributed by atoms with E-state index in [0.717, 1.165) is 0 Å². The van der Waals surface area contributed by atoms with E-state index in [1.54, 1.807) is 17.0 Å². The Morgan fingerprint density at radius 3 is 2.71 bits per heavy atom. The zero-order valence-corrected chi connectivity index (χ0v) is 9.00. The molecule has 6 heteroatoms. The lowest BCUT2D eigenvalue weighted by Crippen LogP contribution is -2.16. The Kier molecular flexibility index (Phi) is 3.51. The Bertz CT molecular complexity index is 383. The van der Waals surface area contributed by atoms with Gasteiger partial charge in [-0.05, 0) is 6.42 Å². The molecule has 0 spiro atoms. The maximum Gasteiger partial charge on any atom is 0.200 e. The van der Waals surface area contributed by atoms with Gasteiger partial charge in [0.25, 0.3) is 0 Å². The first-order chi connectivity index (χ1) is 6.55. The molecule has 1 aromatic rings. The highest BCUT2D eigenvalue weighted by molar-refractivity contribution is 7.91. The van der Waals surface area contributed by atoms with Crippen molar-refractivity contribution in [3.63, 3.8) is 0 Å². The fourth-order valence-electron chi connectivity index (χ4n) is 1.18. The van der Waals surface area contributed by atoms with Crippen molar-refractivity contribution in [2.24, 2.45) is 0 Å². The van der Waals surface area contributed by atoms with Crippen LogP contribution in [0.4, 0.5) is 5.95 Å². The zero-order chi connectivity index (χ0) is 10.6. The van der Waals surface area contributed by atoms with Crippen LogP contribution in [-0.2, 0) is 16.4 Å². The lowest BCUT2D eigenvalue weighted by atomic mass is 10.6. The van der Waals surface area contributed by atoms with Crippen molar-refractivity contribution in [3.05, 3.63) is 12.4 Å². The first kappa shape index (κ1) is 11.0. The second-order valence-corrected chi connectivity index (χ2v) is 5.43. The van der Waals surface area contributed by atoms with Gasteiger partial charge in [-0.3, -0.25) is 0 Å². The van der Waals surface area contributed by atoms with Crippen LogP contribution < -0.4 is 5.73 Å². The molecule has 0 unspecified atom stereocenters. The number of hydrogen-bond donors (Lipinski definition) is 1. The Hall–Kier alpha value is -1.04. The first-order valence-corrected chi connectivity index (χ1v) is 6.34. The van der Waals surface area contributed by atoms with Gasteiger partial charge in [0.2, 0.25) is 0 Å². The SMILES string of the molecule is CCCS(=O)(=O)CCn1ccnc1N. The quantitative estimate of drug-likeness (QED) is 0.769. The molecule has 0 fully saturated rings. The van der Waals surface area contributed by atoms with Gasteiger partial charge in [-0.25, -0.2) is 13.4 Å². The summed E-state index contributed by atoms with van der Waals surface area (Å²) in [7, 11) is -2.93.